The van der Waals surface area contributed by atoms with Crippen LogP contribution in [0.2, 0.25) is 0 Å². The summed E-state index contributed by atoms with van der Waals surface area (Å²) in [6.45, 7) is 7.26. The van der Waals surface area contributed by atoms with E-state index >= 15 is 0 Å². The molecule has 0 aromatic heterocycles. The molecule has 4 rings (SSSR count). The van der Waals surface area contributed by atoms with E-state index in [2.05, 4.69) is 26.1 Å². The fraction of sp³-hybridized carbons (Fsp3) is 0.552. The highest BCUT2D eigenvalue weighted by Gasteiger charge is 2.63. The van der Waals surface area contributed by atoms with Gasteiger partial charge in [-0.15, -0.1) is 0 Å². The van der Waals surface area contributed by atoms with E-state index in [1.807, 2.05) is 25.1 Å². The molecule has 0 saturated heterocycles. The number of benzene rings is 1. The van der Waals surface area contributed by atoms with Crippen LogP contribution in [0.3, 0.4) is 0 Å². The summed E-state index contributed by atoms with van der Waals surface area (Å²) in [6, 6.07) is 0.907. The summed E-state index contributed by atoms with van der Waals surface area (Å²) in [7, 11) is 6.99. The molecule has 1 amide bonds. The van der Waals surface area contributed by atoms with Crippen LogP contribution < -0.4 is 16.0 Å². The largest absolute Gasteiger partial charge is 0.510 e. The number of aliphatic hydroxyl groups excluding tert-OH is 2. The Morgan fingerprint density at radius 2 is 1.82 bits per heavy atom. The first kappa shape index (κ1) is 29.6. The molecule has 3 aliphatic carbocycles. The van der Waals surface area contributed by atoms with Crippen LogP contribution in [0.5, 0.6) is 5.75 Å². The molecule has 3 aliphatic rings. The Hall–Kier alpha value is -3.41. The maximum absolute atomic E-state index is 14.1. The Labute approximate surface area is 234 Å². The molecule has 0 spiro atoms. The predicted octanol–water partition coefficient (Wildman–Crippen LogP) is 1.62. The minimum Gasteiger partial charge on any atom is -0.510 e. The first-order valence-corrected chi connectivity index (χ1v) is 13.4. The number of hydrogen-bond donors (Lipinski definition) is 7. The lowest BCUT2D eigenvalue weighted by Gasteiger charge is -2.51. The molecular weight excluding hydrogens is 514 g/mol. The SMILES string of the molecule is CN(C)c1cc(CNCC(C)(C)C)c(O)c2c1C[C@H]1C[C@H]3C(N(C)C)C(O)=C(C(N)=O)C(=N)[C@@]3(O)C(=O)C1=C2O. The number of nitrogens with one attached hydrogen (secondary N) is 2. The number of anilines is 1. The number of fused-ring (bicyclic) bond motifs is 3. The van der Waals surface area contributed by atoms with Gasteiger partial charge in [0.1, 0.15) is 22.8 Å². The number of aromatic hydroxyl groups is 1. The normalized spacial score (nSPS) is 26.6. The first-order valence-electron chi connectivity index (χ1n) is 13.4. The van der Waals surface area contributed by atoms with Gasteiger partial charge in [-0.25, -0.2) is 0 Å². The van der Waals surface area contributed by atoms with Gasteiger partial charge in [0.05, 0.1) is 17.3 Å². The number of phenols is 1. The van der Waals surface area contributed by atoms with E-state index in [9.17, 15) is 30.0 Å². The van der Waals surface area contributed by atoms with Crippen LogP contribution in [0.15, 0.2) is 23.0 Å². The fourth-order valence-electron chi connectivity index (χ4n) is 6.51. The number of nitrogens with zero attached hydrogens (tertiary/aromatic N) is 2. The van der Waals surface area contributed by atoms with Crippen LogP contribution in [0.4, 0.5) is 5.69 Å². The van der Waals surface area contributed by atoms with E-state index in [1.54, 1.807) is 19.0 Å². The average Bonchev–Trinajstić information content (AvgIpc) is 2.81. The van der Waals surface area contributed by atoms with Crippen LogP contribution in [0.25, 0.3) is 5.76 Å². The number of primary amides is 1. The van der Waals surface area contributed by atoms with Gasteiger partial charge in [0.15, 0.2) is 5.60 Å². The number of phenolic OH excluding ortho intramolecular Hbond substituents is 1. The highest BCUT2D eigenvalue weighted by atomic mass is 16.3. The number of aliphatic hydroxyl groups is 3. The second-order valence-electron chi connectivity index (χ2n) is 12.8. The third kappa shape index (κ3) is 4.46. The number of amides is 1. The van der Waals surface area contributed by atoms with Gasteiger partial charge in [-0.05, 0) is 49.9 Å². The maximum Gasteiger partial charge on any atom is 0.254 e. The zero-order chi connectivity index (χ0) is 30.1. The van der Waals surface area contributed by atoms with Gasteiger partial charge < -0.3 is 41.8 Å². The van der Waals surface area contributed by atoms with Gasteiger partial charge in [0, 0.05) is 49.9 Å². The van der Waals surface area contributed by atoms with Crippen molar-refractivity contribution in [3.8, 4) is 5.75 Å². The van der Waals surface area contributed by atoms with E-state index in [-0.39, 0.29) is 35.1 Å². The molecule has 0 radical (unpaired) electrons. The van der Waals surface area contributed by atoms with E-state index in [0.29, 0.717) is 24.2 Å². The van der Waals surface area contributed by atoms with Crippen molar-refractivity contribution in [1.29, 1.82) is 5.41 Å². The summed E-state index contributed by atoms with van der Waals surface area (Å²) < 4.78 is 0. The van der Waals surface area contributed by atoms with E-state index in [4.69, 9.17) is 11.1 Å². The molecule has 1 fully saturated rings. The molecule has 11 nitrogen and oxygen atoms in total. The Morgan fingerprint density at radius 1 is 1.20 bits per heavy atom. The third-order valence-electron chi connectivity index (χ3n) is 8.28. The van der Waals surface area contributed by atoms with Gasteiger partial charge in [0.25, 0.3) is 5.91 Å². The van der Waals surface area contributed by atoms with Crippen molar-refractivity contribution in [3.63, 3.8) is 0 Å². The van der Waals surface area contributed by atoms with Crippen LogP contribution >= 0.6 is 0 Å². The Balaban J connectivity index is 1.90. The zero-order valence-corrected chi connectivity index (χ0v) is 24.2. The summed E-state index contributed by atoms with van der Waals surface area (Å²) in [5.41, 5.74) is 3.58. The van der Waals surface area contributed by atoms with E-state index in [1.165, 1.54) is 0 Å². The summed E-state index contributed by atoms with van der Waals surface area (Å²) in [4.78, 5) is 29.8. The Kier molecular flexibility index (Phi) is 7.32. The lowest BCUT2D eigenvalue weighted by molar-refractivity contribution is -0.138. The van der Waals surface area contributed by atoms with Crippen molar-refractivity contribution >= 4 is 28.8 Å². The smallest absolute Gasteiger partial charge is 0.254 e. The summed E-state index contributed by atoms with van der Waals surface area (Å²) in [5, 5.41) is 57.7. The molecule has 11 heteroatoms. The molecule has 4 atom stereocenters. The first-order chi connectivity index (χ1) is 18.4. The zero-order valence-electron chi connectivity index (χ0n) is 24.2. The number of Topliss-reactive ketones (excluding diaryl/α,β-unsaturated/α-hetero) is 1. The van der Waals surface area contributed by atoms with Gasteiger partial charge in [-0.3, -0.25) is 14.5 Å². The fourth-order valence-corrected chi connectivity index (χ4v) is 6.51. The van der Waals surface area contributed by atoms with Gasteiger partial charge in [0.2, 0.25) is 5.78 Å². The van der Waals surface area contributed by atoms with Crippen molar-refractivity contribution in [2.45, 2.75) is 51.8 Å². The standard InChI is InChI=1S/C29H41N5O6/c1-28(2,3)12-32-11-14-10-17(33(4)5)15-8-13-9-16-21(34(6)7)24(37)20(27(31)39)25(30)29(16,40)26(38)18(13)23(36)19(15)22(14)35/h10,13,16,21,30,32,35-37,40H,8-9,11-12H2,1-7H3,(H2,31,39)/t13-,16-,21?,29+/m0/s1. The van der Waals surface area contributed by atoms with Crippen LogP contribution in [-0.4, -0.2) is 89.1 Å². The third-order valence-corrected chi connectivity index (χ3v) is 8.28. The van der Waals surface area contributed by atoms with Crippen molar-refractivity contribution in [2.75, 3.05) is 39.6 Å². The van der Waals surface area contributed by atoms with Crippen molar-refractivity contribution < 1.29 is 30.0 Å². The number of hydrogen-bond acceptors (Lipinski definition) is 10. The second-order valence-corrected chi connectivity index (χ2v) is 12.8. The van der Waals surface area contributed by atoms with E-state index < -0.39 is 58.0 Å². The molecule has 1 aromatic rings. The molecule has 40 heavy (non-hydrogen) atoms. The highest BCUT2D eigenvalue weighted by molar-refractivity contribution is 6.34. The van der Waals surface area contributed by atoms with Gasteiger partial charge in [-0.1, -0.05) is 20.8 Å². The van der Waals surface area contributed by atoms with Gasteiger partial charge in [-0.2, -0.15) is 0 Å². The minimum atomic E-state index is -2.51. The van der Waals surface area contributed by atoms with E-state index in [0.717, 1.165) is 5.69 Å². The molecule has 1 saturated carbocycles. The average molecular weight is 556 g/mol. The number of carbonyl (C=O) groups excluding carboxylic acids is 2. The molecule has 0 bridgehead atoms. The number of nitrogens with two attached hydrogens (primary N) is 1. The molecule has 1 unspecified atom stereocenters. The number of rotatable bonds is 6. The van der Waals surface area contributed by atoms with Crippen LogP contribution in [-0.2, 0) is 22.6 Å². The molecule has 1 aromatic carbocycles. The predicted molar refractivity (Wildman–Crippen MR) is 152 cm³/mol. The quantitative estimate of drug-likeness (QED) is 0.274. The highest BCUT2D eigenvalue weighted by Crippen LogP contribution is 2.53. The van der Waals surface area contributed by atoms with Crippen LogP contribution in [0, 0.1) is 22.7 Å². The molecule has 0 heterocycles. The van der Waals surface area contributed by atoms with Crippen LogP contribution in [0.1, 0.15) is 43.9 Å². The molecular formula is C29H41N5O6. The van der Waals surface area contributed by atoms with Crippen molar-refractivity contribution in [1.82, 2.24) is 10.2 Å². The number of likely N-dealkylation sites (N-methyl/N-ethyl adjacent to an activating group) is 1. The van der Waals surface area contributed by atoms with Crippen molar-refractivity contribution in [3.05, 3.63) is 39.7 Å². The molecule has 218 valence electrons. The Bertz CT molecular complexity index is 1360. The maximum atomic E-state index is 14.1. The summed E-state index contributed by atoms with van der Waals surface area (Å²) >= 11 is 0. The van der Waals surface area contributed by atoms with Crippen molar-refractivity contribution in [2.24, 2.45) is 23.0 Å². The lowest BCUT2D eigenvalue weighted by Crippen LogP contribution is -2.67. The molecule has 8 N–H and O–H groups in total. The number of ketones is 1. The Morgan fingerprint density at radius 3 is 2.35 bits per heavy atom. The lowest BCUT2D eigenvalue weighted by atomic mass is 9.56. The monoisotopic (exact) mass is 555 g/mol. The second kappa shape index (κ2) is 9.90. The molecule has 0 aliphatic heterocycles. The number of carbonyl (C=O) groups is 2. The summed E-state index contributed by atoms with van der Waals surface area (Å²) in [6.07, 6.45) is 0.412. The topological polar surface area (TPSA) is 183 Å². The minimum absolute atomic E-state index is 0.00751. The summed E-state index contributed by atoms with van der Waals surface area (Å²) in [5.74, 6) is -4.68. The van der Waals surface area contributed by atoms with Gasteiger partial charge >= 0.3 is 0 Å².